The van der Waals surface area contributed by atoms with Gasteiger partial charge in [0.15, 0.2) is 0 Å². The lowest BCUT2D eigenvalue weighted by Gasteiger charge is -2.46. The molecule has 1 saturated heterocycles. The molecule has 1 aromatic carbocycles. The van der Waals surface area contributed by atoms with E-state index in [0.717, 1.165) is 43.7 Å². The van der Waals surface area contributed by atoms with E-state index >= 15 is 0 Å². The van der Waals surface area contributed by atoms with Crippen LogP contribution in [0.5, 0.6) is 0 Å². The van der Waals surface area contributed by atoms with Gasteiger partial charge in [0.25, 0.3) is 0 Å². The third-order valence-corrected chi connectivity index (χ3v) is 4.77. The molecule has 3 rings (SSSR count). The molecule has 0 aromatic heterocycles. The van der Waals surface area contributed by atoms with E-state index in [0.29, 0.717) is 6.04 Å². The third kappa shape index (κ3) is 3.54. The van der Waals surface area contributed by atoms with Gasteiger partial charge in [0.2, 0.25) is 0 Å². The zero-order valence-electron chi connectivity index (χ0n) is 14.3. The van der Waals surface area contributed by atoms with Crippen LogP contribution in [0.15, 0.2) is 24.3 Å². The van der Waals surface area contributed by atoms with Gasteiger partial charge >= 0.3 is 6.09 Å². The number of carbonyl (C=O) groups is 1. The molecule has 1 heterocycles. The fraction of sp³-hybridized carbons (Fsp3) is 0.611. The van der Waals surface area contributed by atoms with Crippen LogP contribution in [0.3, 0.4) is 0 Å². The molecule has 1 saturated carbocycles. The smallest absolute Gasteiger partial charge is 0.410 e. The van der Waals surface area contributed by atoms with E-state index in [9.17, 15) is 4.79 Å². The lowest BCUT2D eigenvalue weighted by Crippen LogP contribution is -2.47. The highest BCUT2D eigenvalue weighted by molar-refractivity contribution is 5.69. The molecule has 3 N–H and O–H groups in total. The number of hydrogen-bond donors (Lipinski definition) is 2. The Bertz CT molecular complexity index is 588. The number of nitrogens with two attached hydrogens (primary N) is 1. The summed E-state index contributed by atoms with van der Waals surface area (Å²) in [5, 5.41) is 3.52. The van der Waals surface area contributed by atoms with Gasteiger partial charge in [-0.25, -0.2) is 4.79 Å². The number of nitrogens with one attached hydrogen (secondary N) is 1. The van der Waals surface area contributed by atoms with Crippen LogP contribution in [0.25, 0.3) is 0 Å². The quantitative estimate of drug-likeness (QED) is 0.820. The van der Waals surface area contributed by atoms with Crippen molar-refractivity contribution in [3.05, 3.63) is 24.3 Å². The number of likely N-dealkylation sites (tertiary alicyclic amines) is 1. The standard InChI is InChI=1S/C18H27N3O2/c1-17(2,3)23-16(22)21-9-8-18(12-21)10-13(11-18)20-15-7-5-4-6-14(15)19/h4-7,13,20H,8-12,19H2,1-3H3. The summed E-state index contributed by atoms with van der Waals surface area (Å²) in [6, 6.07) is 8.31. The van der Waals surface area contributed by atoms with Gasteiger partial charge in [-0.3, -0.25) is 0 Å². The molecule has 126 valence electrons. The Kier molecular flexibility index (Phi) is 3.90. The summed E-state index contributed by atoms with van der Waals surface area (Å²) in [7, 11) is 0. The summed E-state index contributed by atoms with van der Waals surface area (Å²) >= 11 is 0. The summed E-state index contributed by atoms with van der Waals surface area (Å²) < 4.78 is 5.48. The lowest BCUT2D eigenvalue weighted by atomic mass is 9.65. The molecule has 1 amide bonds. The highest BCUT2D eigenvalue weighted by Crippen LogP contribution is 2.49. The van der Waals surface area contributed by atoms with Crippen molar-refractivity contribution in [3.8, 4) is 0 Å². The van der Waals surface area contributed by atoms with Gasteiger partial charge in [-0.2, -0.15) is 0 Å². The maximum atomic E-state index is 12.2. The van der Waals surface area contributed by atoms with Crippen molar-refractivity contribution in [2.24, 2.45) is 5.41 Å². The van der Waals surface area contributed by atoms with E-state index in [4.69, 9.17) is 10.5 Å². The van der Waals surface area contributed by atoms with E-state index in [1.165, 1.54) is 0 Å². The molecule has 0 unspecified atom stereocenters. The van der Waals surface area contributed by atoms with Crippen LogP contribution >= 0.6 is 0 Å². The van der Waals surface area contributed by atoms with Crippen molar-refractivity contribution in [1.82, 2.24) is 4.90 Å². The number of amides is 1. The molecular weight excluding hydrogens is 290 g/mol. The minimum atomic E-state index is -0.429. The summed E-state index contributed by atoms with van der Waals surface area (Å²) in [4.78, 5) is 14.0. The lowest BCUT2D eigenvalue weighted by molar-refractivity contribution is 0.0237. The van der Waals surface area contributed by atoms with E-state index in [-0.39, 0.29) is 11.5 Å². The number of anilines is 2. The topological polar surface area (TPSA) is 67.6 Å². The van der Waals surface area contributed by atoms with Crippen LogP contribution < -0.4 is 11.1 Å². The van der Waals surface area contributed by atoms with Crippen molar-refractivity contribution in [2.75, 3.05) is 24.1 Å². The molecular formula is C18H27N3O2. The van der Waals surface area contributed by atoms with Gasteiger partial charge < -0.3 is 20.7 Å². The van der Waals surface area contributed by atoms with E-state index in [1.807, 2.05) is 49.9 Å². The number of hydrogen-bond acceptors (Lipinski definition) is 4. The van der Waals surface area contributed by atoms with Crippen molar-refractivity contribution in [1.29, 1.82) is 0 Å². The molecule has 1 aliphatic carbocycles. The first-order valence-corrected chi connectivity index (χ1v) is 8.35. The van der Waals surface area contributed by atoms with Crippen molar-refractivity contribution in [2.45, 2.75) is 51.7 Å². The van der Waals surface area contributed by atoms with Gasteiger partial charge in [-0.05, 0) is 57.6 Å². The summed E-state index contributed by atoms with van der Waals surface area (Å²) in [5.41, 5.74) is 7.61. The molecule has 0 atom stereocenters. The number of carbonyl (C=O) groups excluding carboxylic acids is 1. The molecule has 23 heavy (non-hydrogen) atoms. The number of benzene rings is 1. The predicted molar refractivity (Wildman–Crippen MR) is 92.4 cm³/mol. The van der Waals surface area contributed by atoms with Crippen LogP contribution in [0.4, 0.5) is 16.2 Å². The van der Waals surface area contributed by atoms with Gasteiger partial charge in [-0.15, -0.1) is 0 Å². The third-order valence-electron chi connectivity index (χ3n) is 4.77. The first-order chi connectivity index (χ1) is 10.8. The van der Waals surface area contributed by atoms with Gasteiger partial charge in [0.1, 0.15) is 5.60 Å². The van der Waals surface area contributed by atoms with Crippen LogP contribution in [0.2, 0.25) is 0 Å². The second kappa shape index (κ2) is 5.62. The molecule has 0 bridgehead atoms. The van der Waals surface area contributed by atoms with E-state index < -0.39 is 5.60 Å². The predicted octanol–water partition coefficient (Wildman–Crippen LogP) is 3.47. The molecule has 5 heteroatoms. The molecule has 1 aliphatic heterocycles. The molecule has 2 aliphatic rings. The number of ether oxygens (including phenoxy) is 1. The Morgan fingerprint density at radius 3 is 2.70 bits per heavy atom. The molecule has 1 aromatic rings. The fourth-order valence-electron chi connectivity index (χ4n) is 3.69. The average Bonchev–Trinajstić information content (AvgIpc) is 2.84. The van der Waals surface area contributed by atoms with Gasteiger partial charge in [-0.1, -0.05) is 12.1 Å². The second-order valence-electron chi connectivity index (χ2n) is 7.99. The highest BCUT2D eigenvalue weighted by Gasteiger charge is 2.50. The average molecular weight is 317 g/mol. The molecule has 1 spiro atoms. The summed E-state index contributed by atoms with van der Waals surface area (Å²) in [5.74, 6) is 0. The van der Waals surface area contributed by atoms with Crippen LogP contribution in [0, 0.1) is 5.41 Å². The number of para-hydroxylation sites is 2. The van der Waals surface area contributed by atoms with E-state index in [2.05, 4.69) is 5.32 Å². The normalized spacial score (nSPS) is 26.9. The van der Waals surface area contributed by atoms with Crippen molar-refractivity contribution < 1.29 is 9.53 Å². The van der Waals surface area contributed by atoms with Gasteiger partial charge in [0.05, 0.1) is 11.4 Å². The Morgan fingerprint density at radius 2 is 2.04 bits per heavy atom. The Balaban J connectivity index is 1.51. The minimum absolute atomic E-state index is 0.182. The largest absolute Gasteiger partial charge is 0.444 e. The van der Waals surface area contributed by atoms with Crippen LogP contribution in [0.1, 0.15) is 40.0 Å². The highest BCUT2D eigenvalue weighted by atomic mass is 16.6. The first-order valence-electron chi connectivity index (χ1n) is 8.35. The fourth-order valence-corrected chi connectivity index (χ4v) is 3.69. The maximum Gasteiger partial charge on any atom is 0.410 e. The maximum absolute atomic E-state index is 12.2. The SMILES string of the molecule is CC(C)(C)OC(=O)N1CCC2(CC(Nc3ccccc3N)C2)C1. The van der Waals surface area contributed by atoms with Crippen molar-refractivity contribution >= 4 is 17.5 Å². The monoisotopic (exact) mass is 317 g/mol. The zero-order chi connectivity index (χ0) is 16.7. The Hall–Kier alpha value is -1.91. The molecule has 5 nitrogen and oxygen atoms in total. The van der Waals surface area contributed by atoms with Crippen molar-refractivity contribution in [3.63, 3.8) is 0 Å². The van der Waals surface area contributed by atoms with Crippen LogP contribution in [-0.2, 0) is 4.74 Å². The summed E-state index contributed by atoms with van der Waals surface area (Å²) in [6.07, 6.45) is 3.05. The molecule has 2 fully saturated rings. The Morgan fingerprint density at radius 1 is 1.35 bits per heavy atom. The summed E-state index contributed by atoms with van der Waals surface area (Å²) in [6.45, 7) is 7.33. The zero-order valence-corrected chi connectivity index (χ0v) is 14.3. The minimum Gasteiger partial charge on any atom is -0.444 e. The number of nitrogen functional groups attached to an aromatic ring is 1. The number of rotatable bonds is 2. The van der Waals surface area contributed by atoms with E-state index in [1.54, 1.807) is 0 Å². The first kappa shape index (κ1) is 16.0. The second-order valence-corrected chi connectivity index (χ2v) is 7.99. The molecule has 0 radical (unpaired) electrons. The van der Waals surface area contributed by atoms with Gasteiger partial charge in [0, 0.05) is 19.1 Å². The number of nitrogens with zero attached hydrogens (tertiary/aromatic N) is 1. The Labute approximate surface area is 138 Å². The van der Waals surface area contributed by atoms with Crippen LogP contribution in [-0.4, -0.2) is 35.7 Å².